The van der Waals surface area contributed by atoms with E-state index in [1.807, 2.05) is 11.3 Å². The van der Waals surface area contributed by atoms with Gasteiger partial charge in [-0.25, -0.2) is 0 Å². The van der Waals surface area contributed by atoms with Crippen LogP contribution in [0.5, 0.6) is 0 Å². The zero-order valence-corrected chi connectivity index (χ0v) is 11.3. The minimum atomic E-state index is 0.404. The van der Waals surface area contributed by atoms with Crippen LogP contribution in [0.3, 0.4) is 0 Å². The van der Waals surface area contributed by atoms with Gasteiger partial charge in [0.15, 0.2) is 0 Å². The van der Waals surface area contributed by atoms with Gasteiger partial charge in [-0.2, -0.15) is 0 Å². The molecule has 17 heavy (non-hydrogen) atoms. The molecule has 1 aromatic heterocycles. The summed E-state index contributed by atoms with van der Waals surface area (Å²) in [4.78, 5) is 3.99. The van der Waals surface area contributed by atoms with E-state index in [1.165, 1.54) is 4.88 Å². The molecule has 0 bridgehead atoms. The molecule has 0 saturated carbocycles. The molecule has 4 heteroatoms. The number of hydrogen-bond donors (Lipinski definition) is 1. The number of ether oxygens (including phenoxy) is 1. The quantitative estimate of drug-likeness (QED) is 0.869. The zero-order chi connectivity index (χ0) is 12.1. The minimum absolute atomic E-state index is 0.404. The molecule has 1 fully saturated rings. The highest BCUT2D eigenvalue weighted by molar-refractivity contribution is 7.09. The van der Waals surface area contributed by atoms with Crippen LogP contribution in [0.15, 0.2) is 17.5 Å². The zero-order valence-electron chi connectivity index (χ0n) is 10.5. The number of nitrogens with zero attached hydrogens (tertiary/aromatic N) is 1. The van der Waals surface area contributed by atoms with Crippen molar-refractivity contribution in [2.75, 3.05) is 26.7 Å². The minimum Gasteiger partial charge on any atom is -0.381 e. The van der Waals surface area contributed by atoms with Crippen molar-refractivity contribution in [3.63, 3.8) is 0 Å². The van der Waals surface area contributed by atoms with E-state index in [0.717, 1.165) is 38.9 Å². The molecule has 1 aromatic rings. The number of piperidine rings is 1. The molecule has 2 rings (SSSR count). The topological polar surface area (TPSA) is 38.5 Å². The second kappa shape index (κ2) is 6.50. The largest absolute Gasteiger partial charge is 0.381 e. The van der Waals surface area contributed by atoms with Crippen LogP contribution in [0.4, 0.5) is 0 Å². The number of methoxy groups -OCH3 is 1. The van der Waals surface area contributed by atoms with Gasteiger partial charge in [-0.05, 0) is 30.7 Å². The molecule has 2 N–H and O–H groups in total. The van der Waals surface area contributed by atoms with Crippen molar-refractivity contribution in [3.8, 4) is 0 Å². The van der Waals surface area contributed by atoms with Crippen LogP contribution in [-0.2, 0) is 11.2 Å². The molecule has 1 aliphatic heterocycles. The average molecular weight is 254 g/mol. The molecule has 0 radical (unpaired) electrons. The third-order valence-electron chi connectivity index (χ3n) is 3.62. The first-order chi connectivity index (χ1) is 8.33. The van der Waals surface area contributed by atoms with Crippen LogP contribution in [0.2, 0.25) is 0 Å². The summed E-state index contributed by atoms with van der Waals surface area (Å²) >= 11 is 1.84. The van der Waals surface area contributed by atoms with Crippen molar-refractivity contribution in [3.05, 3.63) is 22.4 Å². The van der Waals surface area contributed by atoms with Crippen LogP contribution >= 0.6 is 11.3 Å². The predicted octanol–water partition coefficient (Wildman–Crippen LogP) is 1.73. The van der Waals surface area contributed by atoms with E-state index < -0.39 is 0 Å². The van der Waals surface area contributed by atoms with Gasteiger partial charge in [-0.15, -0.1) is 11.3 Å². The first-order valence-electron chi connectivity index (χ1n) is 6.32. The van der Waals surface area contributed by atoms with Gasteiger partial charge >= 0.3 is 0 Å². The van der Waals surface area contributed by atoms with Crippen molar-refractivity contribution in [2.24, 2.45) is 5.73 Å². The Kier molecular flexibility index (Phi) is 4.98. The third kappa shape index (κ3) is 3.52. The standard InChI is InChI=1S/C13H22N2OS/c1-16-12-4-6-15(11(9-12)10-14)7-5-13-3-2-8-17-13/h2-3,8,11-12H,4-7,9-10,14H2,1H3. The predicted molar refractivity (Wildman–Crippen MR) is 72.5 cm³/mol. The van der Waals surface area contributed by atoms with Gasteiger partial charge in [-0.3, -0.25) is 4.90 Å². The van der Waals surface area contributed by atoms with Gasteiger partial charge in [0.1, 0.15) is 0 Å². The number of rotatable bonds is 5. The Bertz CT molecular complexity index is 315. The number of thiophene rings is 1. The summed E-state index contributed by atoms with van der Waals surface area (Å²) in [5.74, 6) is 0. The van der Waals surface area contributed by atoms with Crippen LogP contribution in [0.25, 0.3) is 0 Å². The lowest BCUT2D eigenvalue weighted by molar-refractivity contribution is 0.0139. The second-order valence-corrected chi connectivity index (χ2v) is 5.67. The molecular weight excluding hydrogens is 232 g/mol. The van der Waals surface area contributed by atoms with Gasteiger partial charge < -0.3 is 10.5 Å². The van der Waals surface area contributed by atoms with Gasteiger partial charge in [-0.1, -0.05) is 6.07 Å². The van der Waals surface area contributed by atoms with Gasteiger partial charge in [0.05, 0.1) is 6.10 Å². The number of hydrogen-bond acceptors (Lipinski definition) is 4. The van der Waals surface area contributed by atoms with Crippen molar-refractivity contribution >= 4 is 11.3 Å². The summed E-state index contributed by atoms with van der Waals surface area (Å²) in [6.07, 6.45) is 3.77. The van der Waals surface area contributed by atoms with E-state index in [9.17, 15) is 0 Å². The molecule has 0 spiro atoms. The lowest BCUT2D eigenvalue weighted by atomic mass is 9.99. The maximum atomic E-state index is 5.86. The summed E-state index contributed by atoms with van der Waals surface area (Å²) in [6.45, 7) is 2.98. The van der Waals surface area contributed by atoms with E-state index >= 15 is 0 Å². The molecule has 0 aromatic carbocycles. The molecule has 1 saturated heterocycles. The summed E-state index contributed by atoms with van der Waals surface area (Å²) in [6, 6.07) is 4.83. The Balaban J connectivity index is 1.83. The molecule has 0 aliphatic carbocycles. The fourth-order valence-electron chi connectivity index (χ4n) is 2.53. The van der Waals surface area contributed by atoms with E-state index in [2.05, 4.69) is 22.4 Å². The van der Waals surface area contributed by atoms with Crippen molar-refractivity contribution < 1.29 is 4.74 Å². The van der Waals surface area contributed by atoms with E-state index in [-0.39, 0.29) is 0 Å². The smallest absolute Gasteiger partial charge is 0.0599 e. The molecule has 2 unspecified atom stereocenters. The van der Waals surface area contributed by atoms with E-state index in [0.29, 0.717) is 12.1 Å². The molecule has 3 nitrogen and oxygen atoms in total. The normalized spacial score (nSPS) is 26.2. The highest BCUT2D eigenvalue weighted by Gasteiger charge is 2.26. The Labute approximate surface area is 108 Å². The first-order valence-corrected chi connectivity index (χ1v) is 7.20. The lowest BCUT2D eigenvalue weighted by Gasteiger charge is -2.38. The third-order valence-corrected chi connectivity index (χ3v) is 4.56. The Morgan fingerprint density at radius 3 is 3.12 bits per heavy atom. The summed E-state index contributed by atoms with van der Waals surface area (Å²) in [5, 5.41) is 2.15. The van der Waals surface area contributed by atoms with Crippen LogP contribution in [0.1, 0.15) is 17.7 Å². The maximum absolute atomic E-state index is 5.86. The summed E-state index contributed by atoms with van der Waals surface area (Å²) in [5.41, 5.74) is 5.86. The Morgan fingerprint density at radius 1 is 1.59 bits per heavy atom. The fourth-order valence-corrected chi connectivity index (χ4v) is 3.22. The monoisotopic (exact) mass is 254 g/mol. The van der Waals surface area contributed by atoms with Gasteiger partial charge in [0, 0.05) is 37.7 Å². The molecule has 1 aliphatic rings. The summed E-state index contributed by atoms with van der Waals surface area (Å²) in [7, 11) is 1.81. The van der Waals surface area contributed by atoms with Crippen LogP contribution in [0, 0.1) is 0 Å². The second-order valence-electron chi connectivity index (χ2n) is 4.64. The highest BCUT2D eigenvalue weighted by atomic mass is 32.1. The maximum Gasteiger partial charge on any atom is 0.0599 e. The Hall–Kier alpha value is -0.420. The van der Waals surface area contributed by atoms with Crippen molar-refractivity contribution in [1.29, 1.82) is 0 Å². The van der Waals surface area contributed by atoms with Crippen LogP contribution in [-0.4, -0.2) is 43.8 Å². The summed E-state index contributed by atoms with van der Waals surface area (Å²) < 4.78 is 5.44. The van der Waals surface area contributed by atoms with Crippen molar-refractivity contribution in [1.82, 2.24) is 4.90 Å². The van der Waals surface area contributed by atoms with Crippen molar-refractivity contribution in [2.45, 2.75) is 31.4 Å². The fraction of sp³-hybridized carbons (Fsp3) is 0.692. The molecular formula is C13H22N2OS. The molecule has 2 heterocycles. The highest BCUT2D eigenvalue weighted by Crippen LogP contribution is 2.20. The van der Waals surface area contributed by atoms with Gasteiger partial charge in [0.2, 0.25) is 0 Å². The van der Waals surface area contributed by atoms with Crippen LogP contribution < -0.4 is 5.73 Å². The number of nitrogens with two attached hydrogens (primary N) is 1. The molecule has 96 valence electrons. The van der Waals surface area contributed by atoms with E-state index in [4.69, 9.17) is 10.5 Å². The molecule has 2 atom stereocenters. The SMILES string of the molecule is COC1CCN(CCc2cccs2)C(CN)C1. The number of likely N-dealkylation sites (tertiary alicyclic amines) is 1. The van der Waals surface area contributed by atoms with E-state index in [1.54, 1.807) is 7.11 Å². The lowest BCUT2D eigenvalue weighted by Crippen LogP contribution is -2.49. The average Bonchev–Trinajstić information content (AvgIpc) is 2.89. The molecule has 0 amide bonds. The first kappa shape index (κ1) is 13.0. The Morgan fingerprint density at radius 2 is 2.47 bits per heavy atom. The van der Waals surface area contributed by atoms with Gasteiger partial charge in [0.25, 0.3) is 0 Å².